The number of hydrogen-bond donors (Lipinski definition) is 0. The fourth-order valence-electron chi connectivity index (χ4n) is 2.06. The van der Waals surface area contributed by atoms with Gasteiger partial charge in [-0.15, -0.1) is 0 Å². The summed E-state index contributed by atoms with van der Waals surface area (Å²) in [6, 6.07) is 7.45. The Morgan fingerprint density at radius 1 is 1.10 bits per heavy atom. The van der Waals surface area contributed by atoms with Gasteiger partial charge in [0, 0.05) is 16.7 Å². The zero-order valence-corrected chi connectivity index (χ0v) is 12.6. The molecular weight excluding hydrogens is 295 g/mol. The third-order valence-corrected chi connectivity index (χ3v) is 3.51. The molecule has 0 saturated heterocycles. The second-order valence-electron chi connectivity index (χ2n) is 4.41. The van der Waals surface area contributed by atoms with E-state index in [-0.39, 0.29) is 16.4 Å². The fraction of sp³-hybridized carbons (Fsp3) is 0.188. The molecule has 0 fully saturated rings. The minimum absolute atomic E-state index is 0.144. The number of Topliss-reactive ketones (excluding diaryl/α,β-unsaturated/α-hetero) is 1. The van der Waals surface area contributed by atoms with E-state index in [1.165, 1.54) is 39.3 Å². The van der Waals surface area contributed by atoms with Gasteiger partial charge in [-0.3, -0.25) is 4.79 Å². The van der Waals surface area contributed by atoms with Gasteiger partial charge in [0.25, 0.3) is 0 Å². The molecule has 0 bridgehead atoms. The molecule has 0 amide bonds. The van der Waals surface area contributed by atoms with Gasteiger partial charge < -0.3 is 9.47 Å². The van der Waals surface area contributed by atoms with E-state index >= 15 is 0 Å². The minimum atomic E-state index is -0.459. The smallest absolute Gasteiger partial charge is 0.159 e. The Bertz CT molecular complexity index is 698. The molecule has 110 valence electrons. The SMILES string of the molecule is COc1ccc(-c2cc(C(C)=O)ccc2F)c(OC)c1Cl. The largest absolute Gasteiger partial charge is 0.495 e. The van der Waals surface area contributed by atoms with E-state index in [9.17, 15) is 9.18 Å². The molecule has 0 aromatic heterocycles. The summed E-state index contributed by atoms with van der Waals surface area (Å²) in [4.78, 5) is 11.5. The minimum Gasteiger partial charge on any atom is -0.495 e. The molecule has 0 saturated carbocycles. The first kappa shape index (κ1) is 15.3. The number of ether oxygens (including phenoxy) is 2. The zero-order chi connectivity index (χ0) is 15.6. The molecular formula is C16H14ClFO3. The second-order valence-corrected chi connectivity index (χ2v) is 4.79. The van der Waals surface area contributed by atoms with Crippen molar-refractivity contribution in [2.24, 2.45) is 0 Å². The van der Waals surface area contributed by atoms with Crippen LogP contribution in [0.4, 0.5) is 4.39 Å². The van der Waals surface area contributed by atoms with E-state index in [0.29, 0.717) is 22.6 Å². The summed E-state index contributed by atoms with van der Waals surface area (Å²) >= 11 is 6.18. The van der Waals surface area contributed by atoms with Crippen LogP contribution in [0.1, 0.15) is 17.3 Å². The molecule has 0 spiro atoms. The van der Waals surface area contributed by atoms with Crippen molar-refractivity contribution in [3.63, 3.8) is 0 Å². The molecule has 0 N–H and O–H groups in total. The zero-order valence-electron chi connectivity index (χ0n) is 11.9. The van der Waals surface area contributed by atoms with Crippen LogP contribution in [0.15, 0.2) is 30.3 Å². The van der Waals surface area contributed by atoms with Gasteiger partial charge >= 0.3 is 0 Å². The Kier molecular flexibility index (Phi) is 4.48. The van der Waals surface area contributed by atoms with E-state index < -0.39 is 5.82 Å². The number of carbonyl (C=O) groups is 1. The van der Waals surface area contributed by atoms with Crippen LogP contribution in [0.25, 0.3) is 11.1 Å². The van der Waals surface area contributed by atoms with E-state index in [2.05, 4.69) is 0 Å². The Balaban J connectivity index is 2.69. The van der Waals surface area contributed by atoms with Crippen LogP contribution < -0.4 is 9.47 Å². The Morgan fingerprint density at radius 3 is 2.38 bits per heavy atom. The average molecular weight is 309 g/mol. The predicted molar refractivity (Wildman–Crippen MR) is 80.0 cm³/mol. The highest BCUT2D eigenvalue weighted by atomic mass is 35.5. The van der Waals surface area contributed by atoms with Crippen molar-refractivity contribution in [3.8, 4) is 22.6 Å². The molecule has 0 aliphatic heterocycles. The summed E-state index contributed by atoms with van der Waals surface area (Å²) in [5, 5.41) is 0.255. The molecule has 2 aromatic carbocycles. The maximum absolute atomic E-state index is 14.1. The highest BCUT2D eigenvalue weighted by Crippen LogP contribution is 2.42. The van der Waals surface area contributed by atoms with E-state index in [1.54, 1.807) is 12.1 Å². The first-order chi connectivity index (χ1) is 9.99. The van der Waals surface area contributed by atoms with Crippen molar-refractivity contribution >= 4 is 17.4 Å². The summed E-state index contributed by atoms with van der Waals surface area (Å²) in [6.45, 7) is 1.43. The van der Waals surface area contributed by atoms with E-state index in [0.717, 1.165) is 0 Å². The third kappa shape index (κ3) is 2.85. The number of benzene rings is 2. The van der Waals surface area contributed by atoms with Crippen molar-refractivity contribution < 1.29 is 18.7 Å². The first-order valence-corrected chi connectivity index (χ1v) is 6.58. The molecule has 0 atom stereocenters. The van der Waals surface area contributed by atoms with Crippen LogP contribution in [0.5, 0.6) is 11.5 Å². The summed E-state index contributed by atoms with van der Waals surface area (Å²) < 4.78 is 24.5. The molecule has 2 aromatic rings. The van der Waals surface area contributed by atoms with Crippen LogP contribution in [0, 0.1) is 5.82 Å². The van der Waals surface area contributed by atoms with Crippen LogP contribution in [0.2, 0.25) is 5.02 Å². The maximum Gasteiger partial charge on any atom is 0.159 e. The van der Waals surface area contributed by atoms with Crippen LogP contribution >= 0.6 is 11.6 Å². The molecule has 21 heavy (non-hydrogen) atoms. The van der Waals surface area contributed by atoms with Crippen molar-refractivity contribution in [1.82, 2.24) is 0 Å². The molecule has 3 nitrogen and oxygen atoms in total. The number of rotatable bonds is 4. The van der Waals surface area contributed by atoms with Gasteiger partial charge in [0.15, 0.2) is 5.78 Å². The number of halogens is 2. The van der Waals surface area contributed by atoms with Gasteiger partial charge in [0.1, 0.15) is 22.3 Å². The number of ketones is 1. The average Bonchev–Trinajstić information content (AvgIpc) is 2.47. The molecule has 0 unspecified atom stereocenters. The van der Waals surface area contributed by atoms with Crippen molar-refractivity contribution in [1.29, 1.82) is 0 Å². The topological polar surface area (TPSA) is 35.5 Å². The Morgan fingerprint density at radius 2 is 1.81 bits per heavy atom. The lowest BCUT2D eigenvalue weighted by atomic mass is 10.00. The predicted octanol–water partition coefficient (Wildman–Crippen LogP) is 4.37. The summed E-state index contributed by atoms with van der Waals surface area (Å²) in [7, 11) is 2.92. The molecule has 0 radical (unpaired) electrons. The summed E-state index contributed by atoms with van der Waals surface area (Å²) in [5.74, 6) is 0.130. The Labute approximate surface area is 127 Å². The fourth-order valence-corrected chi connectivity index (χ4v) is 2.38. The van der Waals surface area contributed by atoms with Crippen LogP contribution in [-0.2, 0) is 0 Å². The third-order valence-electron chi connectivity index (χ3n) is 3.15. The van der Waals surface area contributed by atoms with Crippen LogP contribution in [0.3, 0.4) is 0 Å². The van der Waals surface area contributed by atoms with Gasteiger partial charge in [-0.1, -0.05) is 11.6 Å². The molecule has 0 aliphatic carbocycles. The van der Waals surface area contributed by atoms with Gasteiger partial charge in [0.05, 0.1) is 14.2 Å². The second kappa shape index (κ2) is 6.14. The molecule has 2 rings (SSSR count). The van der Waals surface area contributed by atoms with Crippen molar-refractivity contribution in [2.75, 3.05) is 14.2 Å². The summed E-state index contributed by atoms with van der Waals surface area (Å²) in [6.07, 6.45) is 0. The highest BCUT2D eigenvalue weighted by molar-refractivity contribution is 6.34. The lowest BCUT2D eigenvalue weighted by Crippen LogP contribution is -1.97. The lowest BCUT2D eigenvalue weighted by Gasteiger charge is -2.14. The summed E-state index contributed by atoms with van der Waals surface area (Å²) in [5.41, 5.74) is 1.13. The first-order valence-electron chi connectivity index (χ1n) is 6.21. The molecule has 5 heteroatoms. The Hall–Kier alpha value is -2.07. The van der Waals surface area contributed by atoms with Gasteiger partial charge in [-0.2, -0.15) is 0 Å². The van der Waals surface area contributed by atoms with Crippen molar-refractivity contribution in [2.45, 2.75) is 6.92 Å². The lowest BCUT2D eigenvalue weighted by molar-refractivity contribution is 0.101. The van der Waals surface area contributed by atoms with Gasteiger partial charge in [-0.25, -0.2) is 4.39 Å². The normalized spacial score (nSPS) is 10.3. The standard InChI is InChI=1S/C16H14ClFO3/c1-9(19)10-4-6-13(18)12(8-10)11-5-7-14(20-2)15(17)16(11)21-3/h4-8H,1-3H3. The maximum atomic E-state index is 14.1. The number of methoxy groups -OCH3 is 2. The molecule has 0 heterocycles. The highest BCUT2D eigenvalue weighted by Gasteiger charge is 2.18. The van der Waals surface area contributed by atoms with Crippen LogP contribution in [-0.4, -0.2) is 20.0 Å². The van der Waals surface area contributed by atoms with Gasteiger partial charge in [0.2, 0.25) is 0 Å². The monoisotopic (exact) mass is 308 g/mol. The number of carbonyl (C=O) groups excluding carboxylic acids is 1. The quantitative estimate of drug-likeness (QED) is 0.787. The number of hydrogen-bond acceptors (Lipinski definition) is 3. The van der Waals surface area contributed by atoms with E-state index in [1.807, 2.05) is 0 Å². The molecule has 0 aliphatic rings. The van der Waals surface area contributed by atoms with E-state index in [4.69, 9.17) is 21.1 Å². The van der Waals surface area contributed by atoms with Crippen molar-refractivity contribution in [3.05, 3.63) is 46.7 Å². The van der Waals surface area contributed by atoms with Gasteiger partial charge in [-0.05, 0) is 37.3 Å².